The Bertz CT molecular complexity index is 779. The van der Waals surface area contributed by atoms with Gasteiger partial charge in [0, 0.05) is 13.0 Å². The number of hydrogen-bond acceptors (Lipinski definition) is 3. The Morgan fingerprint density at radius 1 is 1.09 bits per heavy atom. The molecule has 0 saturated carbocycles. The Morgan fingerprint density at radius 2 is 1.82 bits per heavy atom. The molecule has 1 heterocycles. The maximum absolute atomic E-state index is 13.5. The first-order valence-corrected chi connectivity index (χ1v) is 7.53. The van der Waals surface area contributed by atoms with Gasteiger partial charge in [-0.05, 0) is 24.3 Å². The minimum Gasteiger partial charge on any atom is -0.351 e. The number of amides is 1. The minimum atomic E-state index is -0.863. The predicted octanol–water partition coefficient (Wildman–Crippen LogP) is 3.55. The van der Waals surface area contributed by atoms with Crippen LogP contribution in [-0.4, -0.2) is 17.4 Å². The molecule has 0 unspecified atom stereocenters. The van der Waals surface area contributed by atoms with Crippen LogP contribution < -0.4 is 5.32 Å². The summed E-state index contributed by atoms with van der Waals surface area (Å²) in [5.74, 6) is -2.48. The maximum Gasteiger partial charge on any atom is 0.257 e. The van der Waals surface area contributed by atoms with Crippen molar-refractivity contribution >= 4 is 27.5 Å². The van der Waals surface area contributed by atoms with Crippen LogP contribution in [0.4, 0.5) is 8.78 Å². The summed E-state index contributed by atoms with van der Waals surface area (Å²) < 4.78 is 28.0. The average Bonchev–Trinajstić information content (AvgIpc) is 2.89. The van der Waals surface area contributed by atoms with E-state index in [1.165, 1.54) is 6.07 Å². The highest BCUT2D eigenvalue weighted by Crippen LogP contribution is 2.21. The summed E-state index contributed by atoms with van der Waals surface area (Å²) in [6.07, 6.45) is 0.515. The van der Waals surface area contributed by atoms with Gasteiger partial charge in [-0.1, -0.05) is 18.2 Å². The summed E-state index contributed by atoms with van der Waals surface area (Å²) in [5.41, 5.74) is 0.362. The molecular formula is C16H12F2N2OS. The molecule has 3 aromatic rings. The third-order valence-electron chi connectivity index (χ3n) is 3.15. The molecule has 1 N–H and O–H groups in total. The summed E-state index contributed by atoms with van der Waals surface area (Å²) in [4.78, 5) is 16.3. The standard InChI is InChI=1S/C16H12F2N2OS/c17-10-4-3-5-11(18)15(10)16(21)19-9-8-14-20-12-6-1-2-7-13(12)22-14/h1-7H,8-9H2,(H,19,21). The van der Waals surface area contributed by atoms with E-state index in [-0.39, 0.29) is 6.54 Å². The fourth-order valence-corrected chi connectivity index (χ4v) is 3.08. The van der Waals surface area contributed by atoms with E-state index in [4.69, 9.17) is 0 Å². The quantitative estimate of drug-likeness (QED) is 0.799. The molecule has 0 bridgehead atoms. The SMILES string of the molecule is O=C(NCCc1nc2ccccc2s1)c1c(F)cccc1F. The first kappa shape index (κ1) is 14.6. The van der Waals surface area contributed by atoms with Gasteiger partial charge in [0.2, 0.25) is 0 Å². The minimum absolute atomic E-state index is 0.270. The van der Waals surface area contributed by atoms with Crippen molar-refractivity contribution in [1.82, 2.24) is 10.3 Å². The van der Waals surface area contributed by atoms with Gasteiger partial charge < -0.3 is 5.32 Å². The molecule has 6 heteroatoms. The summed E-state index contributed by atoms with van der Waals surface area (Å²) in [6.45, 7) is 0.270. The third kappa shape index (κ3) is 2.96. The lowest BCUT2D eigenvalue weighted by atomic mass is 10.2. The number of carbonyl (C=O) groups is 1. The lowest BCUT2D eigenvalue weighted by molar-refractivity contribution is 0.0945. The second-order valence-electron chi connectivity index (χ2n) is 4.68. The van der Waals surface area contributed by atoms with Crippen molar-refractivity contribution in [3.05, 3.63) is 64.7 Å². The molecule has 2 aromatic carbocycles. The molecule has 0 aliphatic carbocycles. The monoisotopic (exact) mass is 318 g/mol. The zero-order valence-electron chi connectivity index (χ0n) is 11.5. The Kier molecular flexibility index (Phi) is 4.11. The van der Waals surface area contributed by atoms with Crippen LogP contribution in [0.3, 0.4) is 0 Å². The van der Waals surface area contributed by atoms with E-state index in [1.807, 2.05) is 24.3 Å². The number of para-hydroxylation sites is 1. The molecule has 0 aliphatic rings. The van der Waals surface area contributed by atoms with E-state index in [0.29, 0.717) is 6.42 Å². The topological polar surface area (TPSA) is 42.0 Å². The highest BCUT2D eigenvalue weighted by atomic mass is 32.1. The number of nitrogens with zero attached hydrogens (tertiary/aromatic N) is 1. The summed E-state index contributed by atoms with van der Waals surface area (Å²) >= 11 is 1.54. The van der Waals surface area contributed by atoms with Gasteiger partial charge in [-0.2, -0.15) is 0 Å². The molecule has 0 radical (unpaired) electrons. The van der Waals surface area contributed by atoms with Gasteiger partial charge in [-0.3, -0.25) is 4.79 Å². The number of hydrogen-bond donors (Lipinski definition) is 1. The van der Waals surface area contributed by atoms with Gasteiger partial charge in [-0.25, -0.2) is 13.8 Å². The second kappa shape index (κ2) is 6.19. The Labute approximate surface area is 129 Å². The molecule has 3 nitrogen and oxygen atoms in total. The number of aromatic nitrogens is 1. The fraction of sp³-hybridized carbons (Fsp3) is 0.125. The first-order valence-electron chi connectivity index (χ1n) is 6.72. The third-order valence-corrected chi connectivity index (χ3v) is 4.25. The van der Waals surface area contributed by atoms with Crippen molar-refractivity contribution in [1.29, 1.82) is 0 Å². The van der Waals surface area contributed by atoms with Gasteiger partial charge in [0.25, 0.3) is 5.91 Å². The van der Waals surface area contributed by atoms with Crippen LogP contribution in [0.5, 0.6) is 0 Å². The molecule has 0 saturated heterocycles. The van der Waals surface area contributed by atoms with Gasteiger partial charge in [0.05, 0.1) is 15.2 Å². The smallest absolute Gasteiger partial charge is 0.257 e. The van der Waals surface area contributed by atoms with Crippen LogP contribution in [0.15, 0.2) is 42.5 Å². The van der Waals surface area contributed by atoms with E-state index < -0.39 is 23.1 Å². The van der Waals surface area contributed by atoms with Crippen LogP contribution >= 0.6 is 11.3 Å². The highest BCUT2D eigenvalue weighted by molar-refractivity contribution is 7.18. The number of fused-ring (bicyclic) bond motifs is 1. The van der Waals surface area contributed by atoms with E-state index >= 15 is 0 Å². The maximum atomic E-state index is 13.5. The molecule has 1 amide bonds. The zero-order chi connectivity index (χ0) is 15.5. The molecule has 22 heavy (non-hydrogen) atoms. The number of halogens is 2. The van der Waals surface area contributed by atoms with E-state index in [2.05, 4.69) is 10.3 Å². The number of carbonyl (C=O) groups excluding carboxylic acids is 1. The zero-order valence-corrected chi connectivity index (χ0v) is 12.3. The molecule has 112 valence electrons. The number of nitrogens with one attached hydrogen (secondary N) is 1. The Hall–Kier alpha value is -2.34. The Morgan fingerprint density at radius 3 is 2.55 bits per heavy atom. The molecule has 0 atom stereocenters. The van der Waals surface area contributed by atoms with E-state index in [1.54, 1.807) is 11.3 Å². The van der Waals surface area contributed by atoms with Gasteiger partial charge in [0.1, 0.15) is 17.2 Å². The molecule has 0 spiro atoms. The predicted molar refractivity (Wildman–Crippen MR) is 82.0 cm³/mol. The first-order chi connectivity index (χ1) is 10.6. The molecule has 0 aliphatic heterocycles. The van der Waals surface area contributed by atoms with Crippen LogP contribution in [0.2, 0.25) is 0 Å². The van der Waals surface area contributed by atoms with Gasteiger partial charge in [0.15, 0.2) is 0 Å². The van der Waals surface area contributed by atoms with Crippen molar-refractivity contribution in [3.8, 4) is 0 Å². The van der Waals surface area contributed by atoms with E-state index in [9.17, 15) is 13.6 Å². The lowest BCUT2D eigenvalue weighted by Crippen LogP contribution is -2.27. The fourth-order valence-electron chi connectivity index (χ4n) is 2.11. The summed E-state index contributed by atoms with van der Waals surface area (Å²) in [7, 11) is 0. The largest absolute Gasteiger partial charge is 0.351 e. The van der Waals surface area contributed by atoms with Crippen molar-refractivity contribution in [3.63, 3.8) is 0 Å². The molecule has 3 rings (SSSR count). The van der Waals surface area contributed by atoms with Crippen LogP contribution in [0, 0.1) is 11.6 Å². The van der Waals surface area contributed by atoms with Gasteiger partial charge >= 0.3 is 0 Å². The molecular weight excluding hydrogens is 306 g/mol. The molecule has 0 fully saturated rings. The van der Waals surface area contributed by atoms with E-state index in [0.717, 1.165) is 27.4 Å². The number of benzene rings is 2. The normalized spacial score (nSPS) is 10.8. The number of thiazole rings is 1. The van der Waals surface area contributed by atoms with Crippen molar-refractivity contribution in [2.45, 2.75) is 6.42 Å². The summed E-state index contributed by atoms with van der Waals surface area (Å²) in [6, 6.07) is 11.1. The van der Waals surface area contributed by atoms with Crippen LogP contribution in [0.1, 0.15) is 15.4 Å². The van der Waals surface area contributed by atoms with Crippen molar-refractivity contribution in [2.24, 2.45) is 0 Å². The second-order valence-corrected chi connectivity index (χ2v) is 5.79. The van der Waals surface area contributed by atoms with Crippen LogP contribution in [-0.2, 0) is 6.42 Å². The van der Waals surface area contributed by atoms with Crippen molar-refractivity contribution in [2.75, 3.05) is 6.54 Å². The average molecular weight is 318 g/mol. The lowest BCUT2D eigenvalue weighted by Gasteiger charge is -2.05. The summed E-state index contributed by atoms with van der Waals surface area (Å²) in [5, 5.41) is 3.39. The van der Waals surface area contributed by atoms with Crippen molar-refractivity contribution < 1.29 is 13.6 Å². The number of rotatable bonds is 4. The highest BCUT2D eigenvalue weighted by Gasteiger charge is 2.16. The molecule has 1 aromatic heterocycles. The van der Waals surface area contributed by atoms with Gasteiger partial charge in [-0.15, -0.1) is 11.3 Å². The Balaban J connectivity index is 1.64. The van der Waals surface area contributed by atoms with Crippen LogP contribution in [0.25, 0.3) is 10.2 Å².